The summed E-state index contributed by atoms with van der Waals surface area (Å²) in [7, 11) is 0. The van der Waals surface area contributed by atoms with Gasteiger partial charge >= 0.3 is 0 Å². The zero-order chi connectivity index (χ0) is 18.7. The third-order valence-corrected chi connectivity index (χ3v) is 5.60. The van der Waals surface area contributed by atoms with Gasteiger partial charge in [0.05, 0.1) is 10.5 Å². The summed E-state index contributed by atoms with van der Waals surface area (Å²) in [6.07, 6.45) is 0. The van der Waals surface area contributed by atoms with Gasteiger partial charge in [-0.15, -0.1) is 0 Å². The maximum absolute atomic E-state index is 11.6. The van der Waals surface area contributed by atoms with Crippen LogP contribution in [0.4, 0.5) is 5.69 Å². The number of nitro groups is 1. The largest absolute Gasteiger partial charge is 0.277 e. The van der Waals surface area contributed by atoms with Crippen LogP contribution in [0.1, 0.15) is 11.1 Å². The Kier molecular flexibility index (Phi) is 3.22. The van der Waals surface area contributed by atoms with E-state index in [9.17, 15) is 10.1 Å². The quantitative estimate of drug-likeness (QED) is 0.200. The Labute approximate surface area is 156 Å². The molecule has 0 heterocycles. The first-order valence-corrected chi connectivity index (χ1v) is 8.98. The van der Waals surface area contributed by atoms with Crippen LogP contribution in [0.25, 0.3) is 43.4 Å². The van der Waals surface area contributed by atoms with Crippen molar-refractivity contribution in [2.75, 3.05) is 0 Å². The Morgan fingerprint density at radius 2 is 1.37 bits per heavy atom. The topological polar surface area (TPSA) is 43.1 Å². The highest BCUT2D eigenvalue weighted by Crippen LogP contribution is 2.43. The molecule has 0 saturated carbocycles. The van der Waals surface area contributed by atoms with Gasteiger partial charge in [0.2, 0.25) is 0 Å². The van der Waals surface area contributed by atoms with Crippen LogP contribution in [-0.4, -0.2) is 4.92 Å². The lowest BCUT2D eigenvalue weighted by atomic mass is 9.86. The van der Waals surface area contributed by atoms with Crippen molar-refractivity contribution in [3.63, 3.8) is 0 Å². The molecule has 0 amide bonds. The SMILES string of the molecule is Cc1ccc2ccc3c(C)cc(-c4ccccc4[N+](=O)[O-])c4ccc1c2c34. The number of rotatable bonds is 2. The van der Waals surface area contributed by atoms with E-state index in [1.54, 1.807) is 12.1 Å². The predicted octanol–water partition coefficient (Wildman–Crippen LogP) is 6.78. The molecule has 0 aromatic heterocycles. The number of benzene rings is 5. The minimum Gasteiger partial charge on any atom is -0.258 e. The van der Waals surface area contributed by atoms with Gasteiger partial charge in [-0.05, 0) is 75.0 Å². The summed E-state index contributed by atoms with van der Waals surface area (Å²) in [5, 5.41) is 18.8. The van der Waals surface area contributed by atoms with Gasteiger partial charge in [-0.1, -0.05) is 48.5 Å². The molecular weight excluding hydrogens is 334 g/mol. The van der Waals surface area contributed by atoms with Crippen LogP contribution >= 0.6 is 0 Å². The summed E-state index contributed by atoms with van der Waals surface area (Å²) in [5.74, 6) is 0. The molecule has 0 aliphatic carbocycles. The fourth-order valence-corrected chi connectivity index (χ4v) is 4.30. The molecule has 0 atom stereocenters. The maximum atomic E-state index is 11.6. The van der Waals surface area contributed by atoms with Crippen molar-refractivity contribution in [3.8, 4) is 11.1 Å². The molecule has 0 N–H and O–H groups in total. The second-order valence-corrected chi connectivity index (χ2v) is 7.14. The highest BCUT2D eigenvalue weighted by molar-refractivity contribution is 6.26. The van der Waals surface area contributed by atoms with Crippen LogP contribution in [-0.2, 0) is 0 Å². The van der Waals surface area contributed by atoms with Gasteiger partial charge in [0.25, 0.3) is 5.69 Å². The second kappa shape index (κ2) is 5.52. The third-order valence-electron chi connectivity index (χ3n) is 5.60. The second-order valence-electron chi connectivity index (χ2n) is 7.14. The lowest BCUT2D eigenvalue weighted by Crippen LogP contribution is -1.94. The summed E-state index contributed by atoms with van der Waals surface area (Å²) < 4.78 is 0. The molecule has 0 bridgehead atoms. The molecule has 3 heteroatoms. The van der Waals surface area contributed by atoms with Gasteiger partial charge in [0.15, 0.2) is 0 Å². The minimum absolute atomic E-state index is 0.142. The average molecular weight is 351 g/mol. The molecule has 0 radical (unpaired) electrons. The van der Waals surface area contributed by atoms with Crippen LogP contribution in [0.3, 0.4) is 0 Å². The van der Waals surface area contributed by atoms with Crippen molar-refractivity contribution in [1.29, 1.82) is 0 Å². The van der Waals surface area contributed by atoms with Crippen molar-refractivity contribution in [1.82, 2.24) is 0 Å². The molecule has 0 aliphatic rings. The van der Waals surface area contributed by atoms with E-state index in [0.29, 0.717) is 5.56 Å². The Balaban J connectivity index is 2.02. The molecule has 0 spiro atoms. The summed E-state index contributed by atoms with van der Waals surface area (Å²) in [6, 6.07) is 22.0. The number of hydrogen-bond donors (Lipinski definition) is 0. The number of nitro benzene ring substituents is 1. The van der Waals surface area contributed by atoms with Gasteiger partial charge in [-0.25, -0.2) is 0 Å². The number of para-hydroxylation sites is 1. The van der Waals surface area contributed by atoms with E-state index >= 15 is 0 Å². The van der Waals surface area contributed by atoms with E-state index in [4.69, 9.17) is 0 Å². The lowest BCUT2D eigenvalue weighted by molar-refractivity contribution is -0.384. The molecule has 0 unspecified atom stereocenters. The third kappa shape index (κ3) is 2.15. The normalized spacial score (nSPS) is 11.6. The zero-order valence-electron chi connectivity index (χ0n) is 15.1. The number of hydrogen-bond acceptors (Lipinski definition) is 2. The van der Waals surface area contributed by atoms with Crippen LogP contribution in [0.5, 0.6) is 0 Å². The van der Waals surface area contributed by atoms with E-state index in [1.165, 1.54) is 32.5 Å². The van der Waals surface area contributed by atoms with E-state index < -0.39 is 0 Å². The number of nitrogens with zero attached hydrogens (tertiary/aromatic N) is 1. The molecule has 3 nitrogen and oxygen atoms in total. The lowest BCUT2D eigenvalue weighted by Gasteiger charge is -2.17. The maximum Gasteiger partial charge on any atom is 0.277 e. The van der Waals surface area contributed by atoms with Gasteiger partial charge in [0, 0.05) is 6.07 Å². The summed E-state index contributed by atoms with van der Waals surface area (Å²) in [4.78, 5) is 11.3. The van der Waals surface area contributed by atoms with Crippen LogP contribution < -0.4 is 0 Å². The van der Waals surface area contributed by atoms with E-state index in [0.717, 1.165) is 16.5 Å². The van der Waals surface area contributed by atoms with Crippen LogP contribution in [0.15, 0.2) is 66.7 Å². The predicted molar refractivity (Wildman–Crippen MR) is 112 cm³/mol. The average Bonchev–Trinajstić information content (AvgIpc) is 2.68. The first-order chi connectivity index (χ1) is 13.1. The van der Waals surface area contributed by atoms with Gasteiger partial charge in [-0.2, -0.15) is 0 Å². The highest BCUT2D eigenvalue weighted by atomic mass is 16.6. The van der Waals surface area contributed by atoms with E-state index in [-0.39, 0.29) is 10.6 Å². The van der Waals surface area contributed by atoms with Crippen molar-refractivity contribution < 1.29 is 4.92 Å². The molecule has 0 aliphatic heterocycles. The Bertz CT molecular complexity index is 1370. The van der Waals surface area contributed by atoms with Crippen molar-refractivity contribution in [2.45, 2.75) is 13.8 Å². The summed E-state index contributed by atoms with van der Waals surface area (Å²) in [6.45, 7) is 4.21. The van der Waals surface area contributed by atoms with Gasteiger partial charge in [0.1, 0.15) is 0 Å². The fraction of sp³-hybridized carbons (Fsp3) is 0.0833. The van der Waals surface area contributed by atoms with Crippen LogP contribution in [0.2, 0.25) is 0 Å². The molecular formula is C24H17NO2. The number of aryl methyl sites for hydroxylation is 2. The Morgan fingerprint density at radius 1 is 0.704 bits per heavy atom. The van der Waals surface area contributed by atoms with E-state index in [2.05, 4.69) is 56.3 Å². The molecule has 0 fully saturated rings. The summed E-state index contributed by atoms with van der Waals surface area (Å²) in [5.41, 5.74) is 4.10. The van der Waals surface area contributed by atoms with Crippen molar-refractivity contribution in [3.05, 3.63) is 88.0 Å². The molecule has 130 valence electrons. The molecule has 5 aromatic carbocycles. The molecule has 5 aromatic rings. The zero-order valence-corrected chi connectivity index (χ0v) is 15.1. The monoisotopic (exact) mass is 351 g/mol. The van der Waals surface area contributed by atoms with Crippen LogP contribution in [0, 0.1) is 24.0 Å². The Hall–Kier alpha value is -3.46. The molecule has 5 rings (SSSR count). The first-order valence-electron chi connectivity index (χ1n) is 8.98. The smallest absolute Gasteiger partial charge is 0.258 e. The summed E-state index contributed by atoms with van der Waals surface area (Å²) >= 11 is 0. The van der Waals surface area contributed by atoms with Crippen molar-refractivity contribution >= 4 is 38.0 Å². The highest BCUT2D eigenvalue weighted by Gasteiger charge is 2.19. The fourth-order valence-electron chi connectivity index (χ4n) is 4.30. The van der Waals surface area contributed by atoms with Crippen molar-refractivity contribution in [2.24, 2.45) is 0 Å². The minimum atomic E-state index is -0.299. The first kappa shape index (κ1) is 15.8. The van der Waals surface area contributed by atoms with Gasteiger partial charge < -0.3 is 0 Å². The van der Waals surface area contributed by atoms with E-state index in [1.807, 2.05) is 12.1 Å². The molecule has 0 saturated heterocycles. The van der Waals surface area contributed by atoms with Gasteiger partial charge in [-0.3, -0.25) is 10.1 Å². The Morgan fingerprint density at radius 3 is 2.19 bits per heavy atom. The molecule has 27 heavy (non-hydrogen) atoms. The standard InChI is InChI=1S/C24H17NO2/c1-14-7-8-16-9-10-18-15(2)13-21(19-5-3-4-6-22(19)25(26)27)20-12-11-17(14)23(16)24(18)20/h3-13H,1-2H3.